The number of rotatable bonds is 5. The van der Waals surface area contributed by atoms with Crippen LogP contribution in [0.2, 0.25) is 0 Å². The molecule has 0 radical (unpaired) electrons. The molecule has 4 nitrogen and oxygen atoms in total. The normalized spacial score (nSPS) is 24.7. The van der Waals surface area contributed by atoms with E-state index in [1.165, 1.54) is 0 Å². The quantitative estimate of drug-likeness (QED) is 0.886. The van der Waals surface area contributed by atoms with Crippen molar-refractivity contribution in [1.82, 2.24) is 4.98 Å². The largest absolute Gasteiger partial charge is 0.379 e. The Morgan fingerprint density at radius 2 is 2.21 bits per heavy atom. The summed E-state index contributed by atoms with van der Waals surface area (Å²) in [6.07, 6.45) is 3.24. The third kappa shape index (κ3) is 2.68. The molecular weight excluding hydrogens is 238 g/mol. The zero-order valence-corrected chi connectivity index (χ0v) is 12.6. The standard InChI is InChI=1S/C15H25N3O/c1-6-19-13-10-12(15(13,2)3)17-11-8-7-9-16-14(11)18(4)5/h7-9,12-13,17H,6,10H2,1-5H3. The van der Waals surface area contributed by atoms with Gasteiger partial charge in [-0.15, -0.1) is 0 Å². The van der Waals surface area contributed by atoms with E-state index < -0.39 is 0 Å². The smallest absolute Gasteiger partial charge is 0.151 e. The number of aromatic nitrogens is 1. The van der Waals surface area contributed by atoms with Crippen LogP contribution in [0.5, 0.6) is 0 Å². The number of ether oxygens (including phenoxy) is 1. The van der Waals surface area contributed by atoms with Crippen molar-refractivity contribution in [3.8, 4) is 0 Å². The van der Waals surface area contributed by atoms with Crippen LogP contribution in [0.4, 0.5) is 11.5 Å². The van der Waals surface area contributed by atoms with Gasteiger partial charge < -0.3 is 15.0 Å². The van der Waals surface area contributed by atoms with Crippen LogP contribution in [0, 0.1) is 5.41 Å². The SMILES string of the molecule is CCOC1CC(Nc2cccnc2N(C)C)C1(C)C. The van der Waals surface area contributed by atoms with E-state index in [1.54, 1.807) is 0 Å². The highest BCUT2D eigenvalue weighted by Gasteiger charge is 2.49. The minimum atomic E-state index is 0.162. The zero-order valence-electron chi connectivity index (χ0n) is 12.6. The van der Waals surface area contributed by atoms with E-state index >= 15 is 0 Å². The molecule has 1 saturated carbocycles. The molecule has 2 atom stereocenters. The van der Waals surface area contributed by atoms with E-state index in [-0.39, 0.29) is 5.41 Å². The summed E-state index contributed by atoms with van der Waals surface area (Å²) in [5, 5.41) is 3.62. The highest BCUT2D eigenvalue weighted by Crippen LogP contribution is 2.44. The molecule has 4 heteroatoms. The van der Waals surface area contributed by atoms with Gasteiger partial charge in [0.25, 0.3) is 0 Å². The molecule has 1 N–H and O–H groups in total. The summed E-state index contributed by atoms with van der Waals surface area (Å²) in [6, 6.07) is 4.50. The molecule has 106 valence electrons. The maximum atomic E-state index is 5.77. The lowest BCUT2D eigenvalue weighted by Gasteiger charge is -2.52. The van der Waals surface area contributed by atoms with Crippen molar-refractivity contribution in [3.63, 3.8) is 0 Å². The number of hydrogen-bond donors (Lipinski definition) is 1. The van der Waals surface area contributed by atoms with Gasteiger partial charge in [-0.05, 0) is 25.5 Å². The van der Waals surface area contributed by atoms with E-state index in [0.717, 1.165) is 24.5 Å². The van der Waals surface area contributed by atoms with Crippen molar-refractivity contribution in [2.24, 2.45) is 5.41 Å². The Morgan fingerprint density at radius 1 is 1.47 bits per heavy atom. The van der Waals surface area contributed by atoms with Crippen molar-refractivity contribution < 1.29 is 4.74 Å². The van der Waals surface area contributed by atoms with E-state index in [0.29, 0.717) is 12.1 Å². The van der Waals surface area contributed by atoms with Crippen LogP contribution in [-0.4, -0.2) is 37.8 Å². The Balaban J connectivity index is 2.07. The highest BCUT2D eigenvalue weighted by molar-refractivity contribution is 5.65. The topological polar surface area (TPSA) is 37.4 Å². The summed E-state index contributed by atoms with van der Waals surface area (Å²) in [7, 11) is 4.03. The van der Waals surface area contributed by atoms with Gasteiger partial charge in [-0.2, -0.15) is 0 Å². The predicted molar refractivity (Wildman–Crippen MR) is 79.8 cm³/mol. The van der Waals surface area contributed by atoms with Crippen molar-refractivity contribution in [1.29, 1.82) is 0 Å². The van der Waals surface area contributed by atoms with Crippen LogP contribution in [-0.2, 0) is 4.74 Å². The number of nitrogens with one attached hydrogen (secondary N) is 1. The van der Waals surface area contributed by atoms with Gasteiger partial charge >= 0.3 is 0 Å². The third-order valence-corrected chi connectivity index (χ3v) is 4.09. The van der Waals surface area contributed by atoms with Crippen LogP contribution < -0.4 is 10.2 Å². The van der Waals surface area contributed by atoms with Crippen molar-refractivity contribution in [3.05, 3.63) is 18.3 Å². The highest BCUT2D eigenvalue weighted by atomic mass is 16.5. The first kappa shape index (κ1) is 14.1. The lowest BCUT2D eigenvalue weighted by molar-refractivity contribution is -0.0975. The molecule has 1 aliphatic rings. The fraction of sp³-hybridized carbons (Fsp3) is 0.667. The van der Waals surface area contributed by atoms with Gasteiger partial charge in [0.05, 0.1) is 11.8 Å². The van der Waals surface area contributed by atoms with Gasteiger partial charge in [0.15, 0.2) is 5.82 Å². The summed E-state index contributed by atoms with van der Waals surface area (Å²) < 4.78 is 5.77. The zero-order chi connectivity index (χ0) is 14.0. The second-order valence-corrected chi connectivity index (χ2v) is 5.97. The summed E-state index contributed by atoms with van der Waals surface area (Å²) >= 11 is 0. The molecular formula is C15H25N3O. The van der Waals surface area contributed by atoms with Gasteiger partial charge in [-0.1, -0.05) is 13.8 Å². The Kier molecular flexibility index (Phi) is 3.99. The summed E-state index contributed by atoms with van der Waals surface area (Å²) in [5.74, 6) is 0.984. The van der Waals surface area contributed by atoms with Crippen molar-refractivity contribution in [2.45, 2.75) is 39.3 Å². The molecule has 0 saturated heterocycles. The summed E-state index contributed by atoms with van der Waals surface area (Å²) in [4.78, 5) is 6.46. The van der Waals surface area contributed by atoms with E-state index in [9.17, 15) is 0 Å². The van der Waals surface area contributed by atoms with Crippen LogP contribution in [0.3, 0.4) is 0 Å². The van der Waals surface area contributed by atoms with E-state index in [2.05, 4.69) is 37.1 Å². The van der Waals surface area contributed by atoms with Gasteiger partial charge in [-0.25, -0.2) is 4.98 Å². The number of pyridine rings is 1. The Bertz CT molecular complexity index is 431. The second-order valence-electron chi connectivity index (χ2n) is 5.97. The molecule has 0 bridgehead atoms. The molecule has 2 unspecified atom stereocenters. The Labute approximate surface area is 116 Å². The molecule has 19 heavy (non-hydrogen) atoms. The van der Waals surface area contributed by atoms with Crippen molar-refractivity contribution in [2.75, 3.05) is 30.9 Å². The lowest BCUT2D eigenvalue weighted by Crippen LogP contribution is -2.58. The predicted octanol–water partition coefficient (Wildman–Crippen LogP) is 2.76. The molecule has 1 aromatic heterocycles. The second kappa shape index (κ2) is 5.37. The fourth-order valence-corrected chi connectivity index (χ4v) is 2.67. The molecule has 0 aliphatic heterocycles. The Morgan fingerprint density at radius 3 is 2.79 bits per heavy atom. The average molecular weight is 263 g/mol. The van der Waals surface area contributed by atoms with Gasteiger partial charge in [0.1, 0.15) is 0 Å². The molecule has 1 heterocycles. The summed E-state index contributed by atoms with van der Waals surface area (Å²) in [6.45, 7) is 7.37. The molecule has 0 aromatic carbocycles. The number of nitrogens with zero attached hydrogens (tertiary/aromatic N) is 2. The van der Waals surface area contributed by atoms with Gasteiger partial charge in [0, 0.05) is 38.4 Å². The van der Waals surface area contributed by atoms with Crippen LogP contribution >= 0.6 is 0 Å². The average Bonchev–Trinajstić information content (AvgIpc) is 2.38. The van der Waals surface area contributed by atoms with Crippen LogP contribution in [0.1, 0.15) is 27.2 Å². The molecule has 2 rings (SSSR count). The van der Waals surface area contributed by atoms with Gasteiger partial charge in [-0.3, -0.25) is 0 Å². The molecule has 1 fully saturated rings. The minimum Gasteiger partial charge on any atom is -0.379 e. The number of hydrogen-bond acceptors (Lipinski definition) is 4. The van der Waals surface area contributed by atoms with Crippen LogP contribution in [0.25, 0.3) is 0 Å². The first-order valence-electron chi connectivity index (χ1n) is 6.97. The molecule has 0 spiro atoms. The van der Waals surface area contributed by atoms with Crippen molar-refractivity contribution >= 4 is 11.5 Å². The molecule has 1 aliphatic carbocycles. The molecule has 1 aromatic rings. The monoisotopic (exact) mass is 263 g/mol. The third-order valence-electron chi connectivity index (χ3n) is 4.09. The molecule has 0 amide bonds. The van der Waals surface area contributed by atoms with Gasteiger partial charge in [0.2, 0.25) is 0 Å². The minimum absolute atomic E-state index is 0.162. The first-order chi connectivity index (χ1) is 8.96. The van der Waals surface area contributed by atoms with Crippen LogP contribution in [0.15, 0.2) is 18.3 Å². The number of anilines is 2. The maximum Gasteiger partial charge on any atom is 0.151 e. The summed E-state index contributed by atoms with van der Waals surface area (Å²) in [5.41, 5.74) is 1.26. The first-order valence-corrected chi connectivity index (χ1v) is 6.97. The Hall–Kier alpha value is -1.29. The maximum absolute atomic E-state index is 5.77. The lowest BCUT2D eigenvalue weighted by atomic mass is 9.64. The fourth-order valence-electron chi connectivity index (χ4n) is 2.67. The van der Waals surface area contributed by atoms with E-state index in [1.807, 2.05) is 31.3 Å². The van der Waals surface area contributed by atoms with E-state index in [4.69, 9.17) is 4.74 Å².